The largest absolute Gasteiger partial charge is 0.336 e. The number of hydrogen-bond acceptors (Lipinski definition) is 3. The fourth-order valence-corrected chi connectivity index (χ4v) is 4.60. The van der Waals surface area contributed by atoms with Crippen molar-refractivity contribution in [2.75, 3.05) is 18.8 Å². The Hall–Kier alpha value is -2.74. The van der Waals surface area contributed by atoms with Gasteiger partial charge in [0.2, 0.25) is 0 Å². The number of hydrogen-bond donors (Lipinski definition) is 1. The molecule has 0 aliphatic carbocycles. The molecule has 150 valence electrons. The molecule has 1 aliphatic rings. The fourth-order valence-electron chi connectivity index (χ4n) is 3.35. The number of aromatic amines is 1. The third-order valence-corrected chi connectivity index (χ3v) is 6.19. The Balaban J connectivity index is 1.46. The standard InChI is InChI=1S/C21H18F3N3OS/c22-14-3-1-13(2-4-14)18-12-19(26-25-18)21(28)27-8-7-20(29-10-9-27)16-11-15(23)5-6-17(16)24/h1-6,11-12,20H,7-10H2,(H,25,26)/t20-/m0/s1. The molecule has 2 heterocycles. The average Bonchev–Trinajstić information content (AvgIpc) is 3.08. The number of carbonyl (C=O) groups excluding carboxylic acids is 1. The second kappa shape index (κ2) is 8.32. The van der Waals surface area contributed by atoms with Crippen LogP contribution in [-0.2, 0) is 0 Å². The fraction of sp³-hybridized carbons (Fsp3) is 0.238. The molecular weight excluding hydrogens is 399 g/mol. The first-order valence-corrected chi connectivity index (χ1v) is 10.2. The monoisotopic (exact) mass is 417 g/mol. The zero-order chi connectivity index (χ0) is 20.4. The van der Waals surface area contributed by atoms with Crippen LogP contribution in [0.3, 0.4) is 0 Å². The highest BCUT2D eigenvalue weighted by Crippen LogP contribution is 2.36. The lowest BCUT2D eigenvalue weighted by molar-refractivity contribution is 0.0760. The summed E-state index contributed by atoms with van der Waals surface area (Å²) >= 11 is 1.52. The van der Waals surface area contributed by atoms with Gasteiger partial charge in [-0.1, -0.05) is 0 Å². The molecule has 1 aromatic heterocycles. The number of H-pyrrole nitrogens is 1. The lowest BCUT2D eigenvalue weighted by Crippen LogP contribution is -2.33. The number of thioether (sulfide) groups is 1. The van der Waals surface area contributed by atoms with Crippen molar-refractivity contribution in [3.63, 3.8) is 0 Å². The minimum Gasteiger partial charge on any atom is -0.336 e. The van der Waals surface area contributed by atoms with E-state index in [2.05, 4.69) is 10.2 Å². The number of carbonyl (C=O) groups is 1. The van der Waals surface area contributed by atoms with Crippen LogP contribution in [0.25, 0.3) is 11.3 Å². The quantitative estimate of drug-likeness (QED) is 0.665. The molecule has 1 N–H and O–H groups in total. The van der Waals surface area contributed by atoms with E-state index >= 15 is 0 Å². The number of rotatable bonds is 3. The molecular formula is C21H18F3N3OS. The molecule has 1 saturated heterocycles. The van der Waals surface area contributed by atoms with E-state index in [4.69, 9.17) is 0 Å². The van der Waals surface area contributed by atoms with Gasteiger partial charge >= 0.3 is 0 Å². The van der Waals surface area contributed by atoms with Gasteiger partial charge in [-0.3, -0.25) is 9.89 Å². The molecule has 0 radical (unpaired) electrons. The molecule has 0 spiro atoms. The molecule has 3 aromatic rings. The van der Waals surface area contributed by atoms with E-state index in [9.17, 15) is 18.0 Å². The first-order valence-electron chi connectivity index (χ1n) is 9.18. The topological polar surface area (TPSA) is 49.0 Å². The Morgan fingerprint density at radius 3 is 2.59 bits per heavy atom. The van der Waals surface area contributed by atoms with Gasteiger partial charge in [0.15, 0.2) is 0 Å². The van der Waals surface area contributed by atoms with E-state index in [1.807, 2.05) is 0 Å². The van der Waals surface area contributed by atoms with Gasteiger partial charge in [0.25, 0.3) is 5.91 Å². The SMILES string of the molecule is O=C(c1cc(-c2ccc(F)cc2)n[nH]1)N1CCS[C@H](c2cc(F)ccc2F)CC1. The summed E-state index contributed by atoms with van der Waals surface area (Å²) < 4.78 is 40.7. The average molecular weight is 417 g/mol. The highest BCUT2D eigenvalue weighted by molar-refractivity contribution is 7.99. The molecule has 0 saturated carbocycles. The maximum atomic E-state index is 14.1. The van der Waals surface area contributed by atoms with Crippen molar-refractivity contribution in [3.05, 3.63) is 77.2 Å². The molecule has 0 unspecified atom stereocenters. The molecule has 29 heavy (non-hydrogen) atoms. The maximum absolute atomic E-state index is 14.1. The number of nitrogens with one attached hydrogen (secondary N) is 1. The van der Waals surface area contributed by atoms with Gasteiger partial charge in [-0.2, -0.15) is 16.9 Å². The van der Waals surface area contributed by atoms with E-state index in [-0.39, 0.29) is 17.0 Å². The normalized spacial score (nSPS) is 17.2. The van der Waals surface area contributed by atoms with Crippen LogP contribution in [0, 0.1) is 17.5 Å². The molecule has 1 amide bonds. The first kappa shape index (κ1) is 19.6. The zero-order valence-electron chi connectivity index (χ0n) is 15.4. The van der Waals surface area contributed by atoms with E-state index < -0.39 is 11.6 Å². The maximum Gasteiger partial charge on any atom is 0.271 e. The van der Waals surface area contributed by atoms with Crippen LogP contribution >= 0.6 is 11.8 Å². The highest BCUT2D eigenvalue weighted by atomic mass is 32.2. The molecule has 0 bridgehead atoms. The number of amides is 1. The predicted molar refractivity (Wildman–Crippen MR) is 106 cm³/mol. The molecule has 4 nitrogen and oxygen atoms in total. The summed E-state index contributed by atoms with van der Waals surface area (Å²) in [4.78, 5) is 14.6. The second-order valence-electron chi connectivity index (χ2n) is 6.78. The van der Waals surface area contributed by atoms with Gasteiger partial charge in [0, 0.05) is 35.2 Å². The van der Waals surface area contributed by atoms with Gasteiger partial charge in [-0.15, -0.1) is 0 Å². The van der Waals surface area contributed by atoms with Crippen LogP contribution in [-0.4, -0.2) is 39.8 Å². The van der Waals surface area contributed by atoms with Crippen LogP contribution in [0.5, 0.6) is 0 Å². The van der Waals surface area contributed by atoms with E-state index in [1.54, 1.807) is 23.1 Å². The summed E-state index contributed by atoms with van der Waals surface area (Å²) in [6, 6.07) is 11.0. The Morgan fingerprint density at radius 2 is 1.79 bits per heavy atom. The molecule has 1 atom stereocenters. The van der Waals surface area contributed by atoms with Crippen molar-refractivity contribution in [1.29, 1.82) is 0 Å². The number of aromatic nitrogens is 2. The number of nitrogens with zero attached hydrogens (tertiary/aromatic N) is 2. The van der Waals surface area contributed by atoms with Crippen LogP contribution in [0.4, 0.5) is 13.2 Å². The lowest BCUT2D eigenvalue weighted by Gasteiger charge is -2.19. The molecule has 4 rings (SSSR count). The Bertz CT molecular complexity index is 1020. The van der Waals surface area contributed by atoms with E-state index in [0.29, 0.717) is 47.8 Å². The van der Waals surface area contributed by atoms with E-state index in [1.165, 1.54) is 30.0 Å². The van der Waals surface area contributed by atoms with Gasteiger partial charge in [-0.05, 0) is 55.0 Å². The smallest absolute Gasteiger partial charge is 0.271 e. The van der Waals surface area contributed by atoms with Gasteiger partial charge in [-0.25, -0.2) is 13.2 Å². The summed E-state index contributed by atoms with van der Waals surface area (Å²) in [6.45, 7) is 0.930. The summed E-state index contributed by atoms with van der Waals surface area (Å²) in [6.07, 6.45) is 0.524. The third-order valence-electron chi connectivity index (χ3n) is 4.88. The number of benzene rings is 2. The van der Waals surface area contributed by atoms with Crippen molar-refractivity contribution in [2.45, 2.75) is 11.7 Å². The minimum atomic E-state index is -0.468. The summed E-state index contributed by atoms with van der Waals surface area (Å²) in [5.41, 5.74) is 1.93. The molecule has 1 fully saturated rings. The zero-order valence-corrected chi connectivity index (χ0v) is 16.2. The van der Waals surface area contributed by atoms with Crippen molar-refractivity contribution in [2.24, 2.45) is 0 Å². The van der Waals surface area contributed by atoms with Crippen LogP contribution in [0.2, 0.25) is 0 Å². The lowest BCUT2D eigenvalue weighted by atomic mass is 10.1. The Morgan fingerprint density at radius 1 is 1.03 bits per heavy atom. The molecule has 1 aliphatic heterocycles. The van der Waals surface area contributed by atoms with Crippen molar-refractivity contribution < 1.29 is 18.0 Å². The summed E-state index contributed by atoms with van der Waals surface area (Å²) in [5.74, 6) is -0.824. The Kier molecular flexibility index (Phi) is 5.62. The summed E-state index contributed by atoms with van der Waals surface area (Å²) in [7, 11) is 0. The molecule has 2 aromatic carbocycles. The number of halogens is 3. The Labute approximate surface area is 170 Å². The van der Waals surface area contributed by atoms with Gasteiger partial charge in [0.05, 0.1) is 5.69 Å². The van der Waals surface area contributed by atoms with Gasteiger partial charge < -0.3 is 4.90 Å². The van der Waals surface area contributed by atoms with Crippen molar-refractivity contribution >= 4 is 17.7 Å². The summed E-state index contributed by atoms with van der Waals surface area (Å²) in [5, 5.41) is 6.68. The second-order valence-corrected chi connectivity index (χ2v) is 8.09. The molecule has 8 heteroatoms. The van der Waals surface area contributed by atoms with Gasteiger partial charge in [0.1, 0.15) is 23.1 Å². The highest BCUT2D eigenvalue weighted by Gasteiger charge is 2.26. The van der Waals surface area contributed by atoms with Crippen LogP contribution in [0.1, 0.15) is 27.7 Å². The first-order chi connectivity index (χ1) is 14.0. The minimum absolute atomic E-state index is 0.202. The predicted octanol–water partition coefficient (Wildman–Crippen LogP) is 4.81. The third kappa shape index (κ3) is 4.32. The van der Waals surface area contributed by atoms with Crippen LogP contribution in [0.15, 0.2) is 48.5 Å². The van der Waals surface area contributed by atoms with Crippen molar-refractivity contribution in [1.82, 2.24) is 15.1 Å². The van der Waals surface area contributed by atoms with Crippen LogP contribution < -0.4 is 0 Å². The van der Waals surface area contributed by atoms with Crippen molar-refractivity contribution in [3.8, 4) is 11.3 Å². The van der Waals surface area contributed by atoms with E-state index in [0.717, 1.165) is 12.1 Å².